The molecule has 0 aliphatic carbocycles. The van der Waals surface area contributed by atoms with Crippen molar-refractivity contribution in [2.45, 2.75) is 19.9 Å². The lowest BCUT2D eigenvalue weighted by Gasteiger charge is -2.17. The van der Waals surface area contributed by atoms with Crippen molar-refractivity contribution < 1.29 is 8.78 Å². The molecule has 5 heteroatoms. The molecule has 0 fully saturated rings. The van der Waals surface area contributed by atoms with Gasteiger partial charge >= 0.3 is 0 Å². The van der Waals surface area contributed by atoms with Gasteiger partial charge in [-0.15, -0.1) is 0 Å². The number of rotatable bonds is 4. The van der Waals surface area contributed by atoms with Crippen LogP contribution in [0.4, 0.5) is 8.78 Å². The molecule has 100 valence electrons. The van der Waals surface area contributed by atoms with Gasteiger partial charge in [-0.1, -0.05) is 13.0 Å². The Morgan fingerprint density at radius 2 is 1.95 bits per heavy atom. The van der Waals surface area contributed by atoms with Crippen LogP contribution < -0.4 is 5.32 Å². The summed E-state index contributed by atoms with van der Waals surface area (Å²) in [5, 5.41) is 3.19. The average Bonchev–Trinajstić information content (AvgIpc) is 2.41. The molecule has 1 aromatic heterocycles. The maximum absolute atomic E-state index is 13.3. The number of benzene rings is 1. The molecule has 0 bridgehead atoms. The molecule has 0 saturated heterocycles. The Balaban J connectivity index is 2.38. The van der Waals surface area contributed by atoms with E-state index in [1.807, 2.05) is 13.8 Å². The van der Waals surface area contributed by atoms with Crippen LogP contribution >= 0.6 is 0 Å². The molecule has 0 radical (unpaired) electrons. The molecule has 1 unspecified atom stereocenters. The average molecular weight is 263 g/mol. The topological polar surface area (TPSA) is 37.8 Å². The van der Waals surface area contributed by atoms with Crippen molar-refractivity contribution in [3.63, 3.8) is 0 Å². The van der Waals surface area contributed by atoms with Crippen molar-refractivity contribution in [3.05, 3.63) is 59.2 Å². The molecule has 1 aromatic carbocycles. The molecule has 0 saturated carbocycles. The summed E-state index contributed by atoms with van der Waals surface area (Å²) in [6.07, 6.45) is 3.30. The summed E-state index contributed by atoms with van der Waals surface area (Å²) in [5.41, 5.74) is 2.11. The molecule has 0 aliphatic rings. The third-order valence-electron chi connectivity index (χ3n) is 2.78. The maximum atomic E-state index is 13.3. The van der Waals surface area contributed by atoms with Crippen molar-refractivity contribution in [2.24, 2.45) is 0 Å². The summed E-state index contributed by atoms with van der Waals surface area (Å²) < 4.78 is 26.3. The van der Waals surface area contributed by atoms with E-state index in [4.69, 9.17) is 0 Å². The van der Waals surface area contributed by atoms with Crippen LogP contribution in [0.3, 0.4) is 0 Å². The van der Waals surface area contributed by atoms with Gasteiger partial charge in [0.25, 0.3) is 0 Å². The minimum absolute atomic E-state index is 0.298. The van der Waals surface area contributed by atoms with E-state index in [2.05, 4.69) is 15.3 Å². The van der Waals surface area contributed by atoms with Gasteiger partial charge in [-0.2, -0.15) is 0 Å². The number of halogens is 2. The van der Waals surface area contributed by atoms with Crippen molar-refractivity contribution in [3.8, 4) is 0 Å². The fraction of sp³-hybridized carbons (Fsp3) is 0.286. The Morgan fingerprint density at radius 1 is 1.16 bits per heavy atom. The zero-order valence-corrected chi connectivity index (χ0v) is 10.8. The van der Waals surface area contributed by atoms with Gasteiger partial charge in [-0.05, 0) is 31.2 Å². The Kier molecular flexibility index (Phi) is 4.16. The first-order valence-electron chi connectivity index (χ1n) is 6.08. The number of hydrogen-bond donors (Lipinski definition) is 1. The molecule has 3 nitrogen and oxygen atoms in total. The fourth-order valence-electron chi connectivity index (χ4n) is 1.84. The molecule has 1 atom stereocenters. The van der Waals surface area contributed by atoms with Gasteiger partial charge in [-0.25, -0.2) is 8.78 Å². The first-order valence-corrected chi connectivity index (χ1v) is 6.08. The molecule has 1 heterocycles. The van der Waals surface area contributed by atoms with E-state index in [1.54, 1.807) is 18.5 Å². The monoisotopic (exact) mass is 263 g/mol. The van der Waals surface area contributed by atoms with Crippen LogP contribution in [0, 0.1) is 18.6 Å². The van der Waals surface area contributed by atoms with Gasteiger partial charge in [0, 0.05) is 6.20 Å². The highest BCUT2D eigenvalue weighted by Crippen LogP contribution is 2.21. The normalized spacial score (nSPS) is 12.4. The van der Waals surface area contributed by atoms with Crippen LogP contribution in [0.25, 0.3) is 0 Å². The van der Waals surface area contributed by atoms with Crippen LogP contribution in [0.1, 0.15) is 29.9 Å². The quantitative estimate of drug-likeness (QED) is 0.921. The summed E-state index contributed by atoms with van der Waals surface area (Å²) in [6, 6.07) is 3.56. The summed E-state index contributed by atoms with van der Waals surface area (Å²) >= 11 is 0. The van der Waals surface area contributed by atoms with Gasteiger partial charge in [0.1, 0.15) is 0 Å². The van der Waals surface area contributed by atoms with E-state index in [0.29, 0.717) is 17.8 Å². The number of aryl methyl sites for hydroxylation is 1. The number of nitrogens with one attached hydrogen (secondary N) is 1. The lowest BCUT2D eigenvalue weighted by atomic mass is 10.0. The molecule has 2 rings (SSSR count). The van der Waals surface area contributed by atoms with Crippen molar-refractivity contribution in [1.29, 1.82) is 0 Å². The second-order valence-electron chi connectivity index (χ2n) is 4.25. The van der Waals surface area contributed by atoms with E-state index in [1.165, 1.54) is 6.07 Å². The van der Waals surface area contributed by atoms with Gasteiger partial charge < -0.3 is 5.32 Å². The Morgan fingerprint density at radius 3 is 2.53 bits per heavy atom. The Hall–Kier alpha value is -1.88. The smallest absolute Gasteiger partial charge is 0.159 e. The second kappa shape index (κ2) is 5.84. The third-order valence-corrected chi connectivity index (χ3v) is 2.78. The van der Waals surface area contributed by atoms with E-state index in [0.717, 1.165) is 11.8 Å². The SMILES string of the molecule is CCNC(c1ccc(F)c(F)c1)c1cnc(C)cn1. The highest BCUT2D eigenvalue weighted by Gasteiger charge is 2.16. The Bertz CT molecular complexity index is 555. The predicted octanol–water partition coefficient (Wildman–Crippen LogP) is 2.76. The van der Waals surface area contributed by atoms with Crippen LogP contribution in [0.15, 0.2) is 30.6 Å². The molecule has 2 aromatic rings. The molecular weight excluding hydrogens is 248 g/mol. The number of nitrogens with zero attached hydrogens (tertiary/aromatic N) is 2. The molecule has 19 heavy (non-hydrogen) atoms. The molecular formula is C14H15F2N3. The van der Waals surface area contributed by atoms with Gasteiger partial charge in [0.05, 0.1) is 23.6 Å². The number of hydrogen-bond acceptors (Lipinski definition) is 3. The standard InChI is InChI=1S/C14H15F2N3/c1-3-17-14(13-8-18-9(2)7-19-13)10-4-5-11(15)12(16)6-10/h4-8,14,17H,3H2,1-2H3. The predicted molar refractivity (Wildman–Crippen MR) is 68.6 cm³/mol. The lowest BCUT2D eigenvalue weighted by molar-refractivity contribution is 0.503. The van der Waals surface area contributed by atoms with Crippen molar-refractivity contribution in [1.82, 2.24) is 15.3 Å². The van der Waals surface area contributed by atoms with Gasteiger partial charge in [0.15, 0.2) is 11.6 Å². The van der Waals surface area contributed by atoms with Crippen molar-refractivity contribution in [2.75, 3.05) is 6.54 Å². The van der Waals surface area contributed by atoms with Crippen LogP contribution in [0.2, 0.25) is 0 Å². The van der Waals surface area contributed by atoms with E-state index in [9.17, 15) is 8.78 Å². The summed E-state index contributed by atoms with van der Waals surface area (Å²) in [5.74, 6) is -1.71. The van der Waals surface area contributed by atoms with E-state index < -0.39 is 11.6 Å². The van der Waals surface area contributed by atoms with E-state index >= 15 is 0 Å². The zero-order valence-electron chi connectivity index (χ0n) is 10.8. The highest BCUT2D eigenvalue weighted by molar-refractivity contribution is 5.28. The second-order valence-corrected chi connectivity index (χ2v) is 4.25. The molecule has 0 aliphatic heterocycles. The Labute approximate surface area is 110 Å². The largest absolute Gasteiger partial charge is 0.305 e. The van der Waals surface area contributed by atoms with Crippen LogP contribution in [0.5, 0.6) is 0 Å². The molecule has 1 N–H and O–H groups in total. The third kappa shape index (κ3) is 3.12. The highest BCUT2D eigenvalue weighted by atomic mass is 19.2. The van der Waals surface area contributed by atoms with Crippen LogP contribution in [-0.4, -0.2) is 16.5 Å². The van der Waals surface area contributed by atoms with Crippen molar-refractivity contribution >= 4 is 0 Å². The number of aromatic nitrogens is 2. The first-order chi connectivity index (χ1) is 9.11. The van der Waals surface area contributed by atoms with E-state index in [-0.39, 0.29) is 6.04 Å². The zero-order chi connectivity index (χ0) is 13.8. The summed E-state index contributed by atoms with van der Waals surface area (Å²) in [4.78, 5) is 8.46. The molecule has 0 amide bonds. The fourth-order valence-corrected chi connectivity index (χ4v) is 1.84. The lowest BCUT2D eigenvalue weighted by Crippen LogP contribution is -2.23. The minimum atomic E-state index is -0.861. The summed E-state index contributed by atoms with van der Waals surface area (Å²) in [7, 11) is 0. The molecule has 0 spiro atoms. The van der Waals surface area contributed by atoms with Crippen LogP contribution in [-0.2, 0) is 0 Å². The minimum Gasteiger partial charge on any atom is -0.305 e. The van der Waals surface area contributed by atoms with Gasteiger partial charge in [-0.3, -0.25) is 9.97 Å². The van der Waals surface area contributed by atoms with Gasteiger partial charge in [0.2, 0.25) is 0 Å². The first kappa shape index (κ1) is 13.5. The summed E-state index contributed by atoms with van der Waals surface area (Å²) in [6.45, 7) is 4.46. The maximum Gasteiger partial charge on any atom is 0.159 e.